The number of halogens is 4. The van der Waals surface area contributed by atoms with Crippen molar-refractivity contribution in [3.63, 3.8) is 0 Å². The average Bonchev–Trinajstić information content (AvgIpc) is 2.73. The SMILES string of the molecule is O=C(CCNS(=O)(=O)c1ccc(F)cc1)N1CCN(c2cccc(C(F)(F)F)c2)CC1. The molecule has 0 aliphatic carbocycles. The first-order valence-electron chi connectivity index (χ1n) is 9.51. The Morgan fingerprint density at radius 2 is 1.65 bits per heavy atom. The number of benzene rings is 2. The molecule has 0 saturated carbocycles. The van der Waals surface area contributed by atoms with E-state index in [4.69, 9.17) is 0 Å². The molecular formula is C20H21F4N3O3S. The fraction of sp³-hybridized carbons (Fsp3) is 0.350. The number of piperazine rings is 1. The quantitative estimate of drug-likeness (QED) is 0.675. The van der Waals surface area contributed by atoms with Gasteiger partial charge in [-0.3, -0.25) is 4.79 Å². The summed E-state index contributed by atoms with van der Waals surface area (Å²) in [5, 5.41) is 0. The Hall–Kier alpha value is -2.66. The van der Waals surface area contributed by atoms with Crippen molar-refractivity contribution in [1.29, 1.82) is 0 Å². The molecule has 31 heavy (non-hydrogen) atoms. The van der Waals surface area contributed by atoms with E-state index in [0.29, 0.717) is 31.9 Å². The van der Waals surface area contributed by atoms with Gasteiger partial charge < -0.3 is 9.80 Å². The lowest BCUT2D eigenvalue weighted by atomic mass is 10.1. The largest absolute Gasteiger partial charge is 0.416 e. The van der Waals surface area contributed by atoms with Gasteiger partial charge in [-0.1, -0.05) is 6.07 Å². The van der Waals surface area contributed by atoms with E-state index in [1.807, 2.05) is 0 Å². The zero-order valence-electron chi connectivity index (χ0n) is 16.4. The Labute approximate surface area is 177 Å². The van der Waals surface area contributed by atoms with Crippen molar-refractivity contribution < 1.29 is 30.8 Å². The molecule has 0 radical (unpaired) electrons. The maximum absolute atomic E-state index is 12.9. The Morgan fingerprint density at radius 3 is 2.26 bits per heavy atom. The topological polar surface area (TPSA) is 69.7 Å². The highest BCUT2D eigenvalue weighted by Gasteiger charge is 2.31. The first-order chi connectivity index (χ1) is 14.6. The van der Waals surface area contributed by atoms with Crippen LogP contribution in [0.2, 0.25) is 0 Å². The van der Waals surface area contributed by atoms with Crippen LogP contribution in [0.4, 0.5) is 23.2 Å². The van der Waals surface area contributed by atoms with Gasteiger partial charge in [0.15, 0.2) is 0 Å². The first kappa shape index (κ1) is 23.0. The van der Waals surface area contributed by atoms with E-state index in [9.17, 15) is 30.8 Å². The number of amides is 1. The molecule has 1 amide bonds. The maximum Gasteiger partial charge on any atom is 0.416 e. The third-order valence-corrected chi connectivity index (χ3v) is 6.40. The van der Waals surface area contributed by atoms with Gasteiger partial charge in [-0.25, -0.2) is 17.5 Å². The summed E-state index contributed by atoms with van der Waals surface area (Å²) in [4.78, 5) is 15.6. The number of anilines is 1. The molecule has 1 aliphatic rings. The van der Waals surface area contributed by atoms with Gasteiger partial charge in [0.2, 0.25) is 15.9 Å². The van der Waals surface area contributed by atoms with Crippen LogP contribution in [0, 0.1) is 5.82 Å². The van der Waals surface area contributed by atoms with Crippen LogP contribution in [-0.4, -0.2) is 51.9 Å². The molecule has 6 nitrogen and oxygen atoms in total. The predicted molar refractivity (Wildman–Crippen MR) is 106 cm³/mol. The Bertz CT molecular complexity index is 1020. The van der Waals surface area contributed by atoms with Crippen LogP contribution in [0.1, 0.15) is 12.0 Å². The zero-order chi connectivity index (χ0) is 22.6. The minimum Gasteiger partial charge on any atom is -0.368 e. The third kappa shape index (κ3) is 5.95. The number of alkyl halides is 3. The van der Waals surface area contributed by atoms with Crippen molar-refractivity contribution in [2.75, 3.05) is 37.6 Å². The molecule has 0 spiro atoms. The van der Waals surface area contributed by atoms with E-state index >= 15 is 0 Å². The van der Waals surface area contributed by atoms with E-state index in [1.165, 1.54) is 6.07 Å². The van der Waals surface area contributed by atoms with E-state index in [0.717, 1.165) is 36.4 Å². The highest BCUT2D eigenvalue weighted by Crippen LogP contribution is 2.31. The number of rotatable bonds is 6. The summed E-state index contributed by atoms with van der Waals surface area (Å²) in [6.45, 7) is 1.26. The van der Waals surface area contributed by atoms with Gasteiger partial charge in [-0.05, 0) is 42.5 Å². The van der Waals surface area contributed by atoms with Crippen molar-refractivity contribution in [3.8, 4) is 0 Å². The number of carbonyl (C=O) groups is 1. The molecule has 2 aromatic rings. The van der Waals surface area contributed by atoms with Crippen LogP contribution in [0.5, 0.6) is 0 Å². The summed E-state index contributed by atoms with van der Waals surface area (Å²) < 4.78 is 78.2. The predicted octanol–water partition coefficient (Wildman–Crippen LogP) is 2.86. The van der Waals surface area contributed by atoms with Gasteiger partial charge in [0.25, 0.3) is 0 Å². The molecule has 0 bridgehead atoms. The molecule has 1 N–H and O–H groups in total. The van der Waals surface area contributed by atoms with Crippen LogP contribution >= 0.6 is 0 Å². The molecular weight excluding hydrogens is 438 g/mol. The van der Waals surface area contributed by atoms with Crippen molar-refractivity contribution >= 4 is 21.6 Å². The summed E-state index contributed by atoms with van der Waals surface area (Å²) in [6, 6.07) is 9.37. The second kappa shape index (κ2) is 9.23. The summed E-state index contributed by atoms with van der Waals surface area (Å²) in [6.07, 6.45) is -4.49. The summed E-state index contributed by atoms with van der Waals surface area (Å²) in [7, 11) is -3.85. The molecule has 0 atom stereocenters. The van der Waals surface area contributed by atoms with Gasteiger partial charge >= 0.3 is 6.18 Å². The van der Waals surface area contributed by atoms with Gasteiger partial charge in [0.05, 0.1) is 10.5 Å². The number of hydrogen-bond acceptors (Lipinski definition) is 4. The second-order valence-electron chi connectivity index (χ2n) is 7.02. The molecule has 1 fully saturated rings. The lowest BCUT2D eigenvalue weighted by Gasteiger charge is -2.36. The van der Waals surface area contributed by atoms with Gasteiger partial charge in [0.1, 0.15) is 5.82 Å². The molecule has 0 unspecified atom stereocenters. The summed E-state index contributed by atoms with van der Waals surface area (Å²) in [5.41, 5.74) is -0.286. The maximum atomic E-state index is 12.9. The molecule has 1 saturated heterocycles. The standard InChI is InChI=1S/C20H21F4N3O3S/c21-16-4-6-18(7-5-16)31(29,30)25-9-8-19(28)27-12-10-26(11-13-27)17-3-1-2-15(14-17)20(22,23)24/h1-7,14,25H,8-13H2. The summed E-state index contributed by atoms with van der Waals surface area (Å²) >= 11 is 0. The Morgan fingerprint density at radius 1 is 1.00 bits per heavy atom. The molecule has 11 heteroatoms. The fourth-order valence-corrected chi connectivity index (χ4v) is 4.27. The minimum absolute atomic E-state index is 0.0655. The molecule has 3 rings (SSSR count). The number of carbonyl (C=O) groups excluding carboxylic acids is 1. The molecule has 1 heterocycles. The smallest absolute Gasteiger partial charge is 0.368 e. The van der Waals surface area contributed by atoms with Gasteiger partial charge in [-0.15, -0.1) is 0 Å². The normalized spacial score (nSPS) is 15.2. The zero-order valence-corrected chi connectivity index (χ0v) is 17.2. The minimum atomic E-state index is -4.42. The molecule has 168 valence electrons. The Balaban J connectivity index is 1.49. The van der Waals surface area contributed by atoms with E-state index in [2.05, 4.69) is 4.72 Å². The van der Waals surface area contributed by atoms with Crippen LogP contribution in [-0.2, 0) is 21.0 Å². The third-order valence-electron chi connectivity index (χ3n) is 4.93. The highest BCUT2D eigenvalue weighted by atomic mass is 32.2. The van der Waals surface area contributed by atoms with Crippen molar-refractivity contribution in [2.24, 2.45) is 0 Å². The van der Waals surface area contributed by atoms with Crippen molar-refractivity contribution in [3.05, 3.63) is 59.9 Å². The van der Waals surface area contributed by atoms with Crippen LogP contribution in [0.3, 0.4) is 0 Å². The lowest BCUT2D eigenvalue weighted by molar-refractivity contribution is -0.137. The van der Waals surface area contributed by atoms with E-state index < -0.39 is 27.6 Å². The molecule has 0 aromatic heterocycles. The first-order valence-corrected chi connectivity index (χ1v) is 11.0. The Kier molecular flexibility index (Phi) is 6.85. The van der Waals surface area contributed by atoms with Gasteiger partial charge in [0, 0.05) is 44.8 Å². The number of sulfonamides is 1. The van der Waals surface area contributed by atoms with E-state index in [-0.39, 0.29) is 23.8 Å². The second-order valence-corrected chi connectivity index (χ2v) is 8.78. The van der Waals surface area contributed by atoms with Gasteiger partial charge in [-0.2, -0.15) is 13.2 Å². The van der Waals surface area contributed by atoms with Crippen LogP contribution in [0.25, 0.3) is 0 Å². The number of hydrogen-bond donors (Lipinski definition) is 1. The molecule has 2 aromatic carbocycles. The fourth-order valence-electron chi connectivity index (χ4n) is 3.24. The van der Waals surface area contributed by atoms with E-state index in [1.54, 1.807) is 15.9 Å². The number of nitrogens with zero attached hydrogens (tertiary/aromatic N) is 2. The summed E-state index contributed by atoms with van der Waals surface area (Å²) in [5.74, 6) is -0.816. The van der Waals surface area contributed by atoms with Crippen LogP contribution in [0.15, 0.2) is 53.4 Å². The lowest BCUT2D eigenvalue weighted by Crippen LogP contribution is -2.49. The van der Waals surface area contributed by atoms with Crippen LogP contribution < -0.4 is 9.62 Å². The van der Waals surface area contributed by atoms with Crippen molar-refractivity contribution in [2.45, 2.75) is 17.5 Å². The highest BCUT2D eigenvalue weighted by molar-refractivity contribution is 7.89. The monoisotopic (exact) mass is 459 g/mol. The molecule has 1 aliphatic heterocycles. The van der Waals surface area contributed by atoms with Crippen molar-refractivity contribution in [1.82, 2.24) is 9.62 Å². The number of nitrogens with one attached hydrogen (secondary N) is 1. The average molecular weight is 459 g/mol.